The van der Waals surface area contributed by atoms with E-state index in [-0.39, 0.29) is 24.3 Å². The van der Waals surface area contributed by atoms with Crippen LogP contribution in [0.25, 0.3) is 0 Å². The molecule has 2 N–H and O–H groups in total. The topological polar surface area (TPSA) is 41.1 Å². The summed E-state index contributed by atoms with van der Waals surface area (Å²) in [5.41, 5.74) is 0. The van der Waals surface area contributed by atoms with Crippen LogP contribution in [0.1, 0.15) is 39.5 Å². The molecule has 1 aliphatic rings. The normalized spacial score (nSPS) is 25.2. The van der Waals surface area contributed by atoms with Crippen molar-refractivity contribution in [2.75, 3.05) is 6.54 Å². The van der Waals surface area contributed by atoms with Crippen molar-refractivity contribution in [3.05, 3.63) is 0 Å². The Morgan fingerprint density at radius 2 is 2.06 bits per heavy atom. The molecule has 6 heteroatoms. The molecule has 2 atom stereocenters. The van der Waals surface area contributed by atoms with Gasteiger partial charge in [0.15, 0.2) is 0 Å². The van der Waals surface area contributed by atoms with E-state index in [4.69, 9.17) is 0 Å². The van der Waals surface area contributed by atoms with E-state index in [1.54, 1.807) is 13.8 Å². The van der Waals surface area contributed by atoms with Gasteiger partial charge in [-0.05, 0) is 19.3 Å². The van der Waals surface area contributed by atoms with Crippen molar-refractivity contribution in [2.24, 2.45) is 5.92 Å². The Morgan fingerprint density at radius 1 is 1.39 bits per heavy atom. The SMILES string of the molecule is CC(C)C(=O)NCCC1CCCC(C(F)(F)F)N1. The number of nitrogens with one attached hydrogen (secondary N) is 2. The fraction of sp³-hybridized carbons (Fsp3) is 0.917. The van der Waals surface area contributed by atoms with Gasteiger partial charge in [0.1, 0.15) is 6.04 Å². The summed E-state index contributed by atoms with van der Waals surface area (Å²) in [7, 11) is 0. The number of amides is 1. The van der Waals surface area contributed by atoms with Crippen molar-refractivity contribution < 1.29 is 18.0 Å². The number of halogens is 3. The van der Waals surface area contributed by atoms with Gasteiger partial charge < -0.3 is 10.6 Å². The molecule has 2 unspecified atom stereocenters. The summed E-state index contributed by atoms with van der Waals surface area (Å²) in [6.07, 6.45) is -2.15. The lowest BCUT2D eigenvalue weighted by molar-refractivity contribution is -0.163. The summed E-state index contributed by atoms with van der Waals surface area (Å²) in [5, 5.41) is 5.34. The van der Waals surface area contributed by atoms with E-state index in [1.807, 2.05) is 0 Å². The van der Waals surface area contributed by atoms with Crippen molar-refractivity contribution in [3.8, 4) is 0 Å². The van der Waals surface area contributed by atoms with Crippen LogP contribution in [0.3, 0.4) is 0 Å². The predicted molar refractivity (Wildman–Crippen MR) is 63.1 cm³/mol. The summed E-state index contributed by atoms with van der Waals surface area (Å²) in [5.74, 6) is -0.148. The molecule has 1 aliphatic heterocycles. The fourth-order valence-electron chi connectivity index (χ4n) is 2.08. The monoisotopic (exact) mass is 266 g/mol. The Bertz CT molecular complexity index is 279. The molecular weight excluding hydrogens is 245 g/mol. The third-order valence-corrected chi connectivity index (χ3v) is 3.19. The minimum absolute atomic E-state index is 0.0572. The van der Waals surface area contributed by atoms with Crippen molar-refractivity contribution in [1.29, 1.82) is 0 Å². The van der Waals surface area contributed by atoms with Crippen LogP contribution in [-0.4, -0.2) is 30.7 Å². The number of carbonyl (C=O) groups excluding carboxylic acids is 1. The van der Waals surface area contributed by atoms with E-state index in [0.717, 1.165) is 6.42 Å². The van der Waals surface area contributed by atoms with Gasteiger partial charge >= 0.3 is 6.18 Å². The molecule has 0 saturated carbocycles. The first kappa shape index (κ1) is 15.3. The quantitative estimate of drug-likeness (QED) is 0.819. The van der Waals surface area contributed by atoms with E-state index in [9.17, 15) is 18.0 Å². The molecule has 0 radical (unpaired) electrons. The van der Waals surface area contributed by atoms with E-state index in [0.29, 0.717) is 19.4 Å². The Balaban J connectivity index is 2.29. The van der Waals surface area contributed by atoms with Gasteiger partial charge in [0, 0.05) is 18.5 Å². The fourth-order valence-corrected chi connectivity index (χ4v) is 2.08. The van der Waals surface area contributed by atoms with Gasteiger partial charge in [0.2, 0.25) is 5.91 Å². The zero-order valence-electron chi connectivity index (χ0n) is 10.8. The van der Waals surface area contributed by atoms with Crippen LogP contribution < -0.4 is 10.6 Å². The maximum absolute atomic E-state index is 12.5. The average Bonchev–Trinajstić information content (AvgIpc) is 2.28. The van der Waals surface area contributed by atoms with Gasteiger partial charge in [-0.15, -0.1) is 0 Å². The lowest BCUT2D eigenvalue weighted by Gasteiger charge is -2.32. The lowest BCUT2D eigenvalue weighted by atomic mass is 9.96. The Labute approximate surface area is 106 Å². The van der Waals surface area contributed by atoms with Crippen LogP contribution in [0, 0.1) is 5.92 Å². The highest BCUT2D eigenvalue weighted by Crippen LogP contribution is 2.28. The molecular formula is C12H21F3N2O. The molecule has 0 spiro atoms. The van der Waals surface area contributed by atoms with E-state index in [1.165, 1.54) is 0 Å². The molecule has 0 aromatic heterocycles. The van der Waals surface area contributed by atoms with Crippen LogP contribution in [-0.2, 0) is 4.79 Å². The van der Waals surface area contributed by atoms with Crippen molar-refractivity contribution in [3.63, 3.8) is 0 Å². The Kier molecular flexibility index (Phi) is 5.44. The maximum Gasteiger partial charge on any atom is 0.403 e. The molecule has 0 aromatic rings. The second-order valence-electron chi connectivity index (χ2n) is 5.12. The average molecular weight is 266 g/mol. The van der Waals surface area contributed by atoms with Crippen LogP contribution in [0.2, 0.25) is 0 Å². The van der Waals surface area contributed by atoms with Gasteiger partial charge in [-0.2, -0.15) is 13.2 Å². The van der Waals surface area contributed by atoms with Crippen LogP contribution in [0.15, 0.2) is 0 Å². The number of alkyl halides is 3. The minimum Gasteiger partial charge on any atom is -0.356 e. The van der Waals surface area contributed by atoms with Crippen molar-refractivity contribution in [2.45, 2.75) is 57.8 Å². The molecule has 1 rings (SSSR count). The maximum atomic E-state index is 12.5. The zero-order chi connectivity index (χ0) is 13.8. The highest BCUT2D eigenvalue weighted by Gasteiger charge is 2.41. The first-order valence-electron chi connectivity index (χ1n) is 6.41. The predicted octanol–water partition coefficient (Wildman–Crippen LogP) is 2.22. The molecule has 0 aliphatic carbocycles. The van der Waals surface area contributed by atoms with E-state index in [2.05, 4.69) is 10.6 Å². The van der Waals surface area contributed by atoms with Crippen molar-refractivity contribution >= 4 is 5.91 Å². The number of carbonyl (C=O) groups is 1. The molecule has 0 aromatic carbocycles. The number of rotatable bonds is 4. The van der Waals surface area contributed by atoms with E-state index < -0.39 is 12.2 Å². The third-order valence-electron chi connectivity index (χ3n) is 3.19. The summed E-state index contributed by atoms with van der Waals surface area (Å²) >= 11 is 0. The van der Waals surface area contributed by atoms with Gasteiger partial charge in [0.25, 0.3) is 0 Å². The zero-order valence-corrected chi connectivity index (χ0v) is 10.8. The molecule has 1 saturated heterocycles. The number of hydrogen-bond donors (Lipinski definition) is 2. The third kappa shape index (κ3) is 4.84. The highest BCUT2D eigenvalue weighted by molar-refractivity contribution is 5.77. The molecule has 18 heavy (non-hydrogen) atoms. The molecule has 1 amide bonds. The second kappa shape index (κ2) is 6.41. The standard InChI is InChI=1S/C12H21F3N2O/c1-8(2)11(18)16-7-6-9-4-3-5-10(17-9)12(13,14)15/h8-10,17H,3-7H2,1-2H3,(H,16,18). The lowest BCUT2D eigenvalue weighted by Crippen LogP contribution is -2.51. The summed E-state index contributed by atoms with van der Waals surface area (Å²) in [6, 6.07) is -1.55. The summed E-state index contributed by atoms with van der Waals surface area (Å²) in [4.78, 5) is 11.3. The molecule has 1 heterocycles. The minimum atomic E-state index is -4.17. The summed E-state index contributed by atoms with van der Waals surface area (Å²) < 4.78 is 37.6. The number of hydrogen-bond acceptors (Lipinski definition) is 2. The Hall–Kier alpha value is -0.780. The highest BCUT2D eigenvalue weighted by atomic mass is 19.4. The van der Waals surface area contributed by atoms with Crippen LogP contribution >= 0.6 is 0 Å². The van der Waals surface area contributed by atoms with Gasteiger partial charge in [0.05, 0.1) is 0 Å². The molecule has 0 bridgehead atoms. The largest absolute Gasteiger partial charge is 0.403 e. The summed E-state index contributed by atoms with van der Waals surface area (Å²) in [6.45, 7) is 4.00. The first-order chi connectivity index (χ1) is 8.30. The van der Waals surface area contributed by atoms with E-state index >= 15 is 0 Å². The molecule has 3 nitrogen and oxygen atoms in total. The molecule has 1 fully saturated rings. The molecule has 106 valence electrons. The van der Waals surface area contributed by atoms with Gasteiger partial charge in [-0.1, -0.05) is 20.3 Å². The van der Waals surface area contributed by atoms with Gasteiger partial charge in [-0.3, -0.25) is 4.79 Å². The number of piperidine rings is 1. The Morgan fingerprint density at radius 3 is 2.61 bits per heavy atom. The van der Waals surface area contributed by atoms with Crippen LogP contribution in [0.4, 0.5) is 13.2 Å². The van der Waals surface area contributed by atoms with Crippen LogP contribution in [0.5, 0.6) is 0 Å². The smallest absolute Gasteiger partial charge is 0.356 e. The van der Waals surface area contributed by atoms with Crippen molar-refractivity contribution in [1.82, 2.24) is 10.6 Å². The van der Waals surface area contributed by atoms with Gasteiger partial charge in [-0.25, -0.2) is 0 Å². The second-order valence-corrected chi connectivity index (χ2v) is 5.12. The first-order valence-corrected chi connectivity index (χ1v) is 6.41.